The summed E-state index contributed by atoms with van der Waals surface area (Å²) in [6.07, 6.45) is 0.996. The summed E-state index contributed by atoms with van der Waals surface area (Å²) in [5.41, 5.74) is 2.12. The number of rotatable bonds is 8. The Morgan fingerprint density at radius 2 is 1.56 bits per heavy atom. The predicted molar refractivity (Wildman–Crippen MR) is 96.6 cm³/mol. The lowest BCUT2D eigenvalue weighted by Crippen LogP contribution is -2.41. The van der Waals surface area contributed by atoms with Crippen LogP contribution >= 0.6 is 0 Å². The van der Waals surface area contributed by atoms with Crippen LogP contribution in [-0.4, -0.2) is 46.1 Å². The lowest BCUT2D eigenvalue weighted by molar-refractivity contribution is -0.129. The fraction of sp³-hybridized carbons (Fsp3) is 0.235. The monoisotopic (exact) mass is 413 g/mol. The fourth-order valence-corrected chi connectivity index (χ4v) is 4.36. The van der Waals surface area contributed by atoms with Gasteiger partial charge >= 0.3 is 0 Å². The van der Waals surface area contributed by atoms with Gasteiger partial charge in [-0.05, 0) is 29.8 Å². The number of benzene rings is 2. The highest BCUT2D eigenvalue weighted by Crippen LogP contribution is 2.20. The van der Waals surface area contributed by atoms with Crippen molar-refractivity contribution in [3.63, 3.8) is 0 Å². The summed E-state index contributed by atoms with van der Waals surface area (Å²) in [6.45, 7) is -0.407. The maximum Gasteiger partial charge on any atom is 0.264 e. The first-order valence-electron chi connectivity index (χ1n) is 7.76. The molecule has 0 heterocycles. The first kappa shape index (κ1) is 21.0. The van der Waals surface area contributed by atoms with Crippen LogP contribution in [0.4, 0.5) is 0 Å². The summed E-state index contributed by atoms with van der Waals surface area (Å²) in [6, 6.07) is 13.4. The molecule has 0 bridgehead atoms. The summed E-state index contributed by atoms with van der Waals surface area (Å²) < 4.78 is 53.8. The maximum atomic E-state index is 12.7. The van der Waals surface area contributed by atoms with Crippen LogP contribution in [0.2, 0.25) is 0 Å². The minimum absolute atomic E-state index is 0.0510. The summed E-state index contributed by atoms with van der Waals surface area (Å²) >= 11 is 0. The van der Waals surface area contributed by atoms with E-state index in [0.29, 0.717) is 0 Å². The van der Waals surface area contributed by atoms with Gasteiger partial charge < -0.3 is 4.74 Å². The lowest BCUT2D eigenvalue weighted by Gasteiger charge is -2.16. The number of hydrogen-bond acceptors (Lipinski definition) is 7. The van der Waals surface area contributed by atoms with E-state index in [4.69, 9.17) is 9.94 Å². The Hall–Kier alpha value is -2.27. The molecule has 2 aromatic carbocycles. The van der Waals surface area contributed by atoms with Gasteiger partial charge in [0.25, 0.3) is 5.91 Å². The SMILES string of the molecule is CS(=O)(=O)c1ccc(S(=O)(=O)C(COCc2ccccc2)C(=O)NO)cc1. The lowest BCUT2D eigenvalue weighted by atomic mass is 10.2. The number of carbonyl (C=O) groups excluding carboxylic acids is 1. The van der Waals surface area contributed by atoms with Crippen LogP contribution in [-0.2, 0) is 35.8 Å². The van der Waals surface area contributed by atoms with Crippen molar-refractivity contribution in [1.29, 1.82) is 0 Å². The Kier molecular flexibility index (Phi) is 6.71. The topological polar surface area (TPSA) is 127 Å². The van der Waals surface area contributed by atoms with Crippen molar-refractivity contribution in [2.75, 3.05) is 12.9 Å². The first-order chi connectivity index (χ1) is 12.7. The van der Waals surface area contributed by atoms with Gasteiger partial charge in [0.1, 0.15) is 0 Å². The molecule has 0 saturated heterocycles. The van der Waals surface area contributed by atoms with Crippen molar-refractivity contribution in [2.45, 2.75) is 21.6 Å². The molecule has 0 radical (unpaired) electrons. The van der Waals surface area contributed by atoms with Gasteiger partial charge in [0.05, 0.1) is 23.0 Å². The van der Waals surface area contributed by atoms with Gasteiger partial charge in [0, 0.05) is 6.26 Å². The van der Waals surface area contributed by atoms with Crippen molar-refractivity contribution in [1.82, 2.24) is 5.48 Å². The summed E-state index contributed by atoms with van der Waals surface area (Å²) in [4.78, 5) is 11.6. The highest BCUT2D eigenvalue weighted by Gasteiger charge is 2.34. The van der Waals surface area contributed by atoms with Gasteiger partial charge in [-0.3, -0.25) is 10.0 Å². The smallest absolute Gasteiger partial charge is 0.264 e. The largest absolute Gasteiger partial charge is 0.375 e. The molecule has 10 heteroatoms. The highest BCUT2D eigenvalue weighted by atomic mass is 32.2. The quantitative estimate of drug-likeness (QED) is 0.487. The normalized spacial score (nSPS) is 13.1. The van der Waals surface area contributed by atoms with Crippen LogP contribution in [0.25, 0.3) is 0 Å². The van der Waals surface area contributed by atoms with Crippen LogP contribution in [0, 0.1) is 0 Å². The number of carbonyl (C=O) groups is 1. The Labute approximate surface area is 157 Å². The van der Waals surface area contributed by atoms with E-state index in [2.05, 4.69) is 0 Å². The zero-order valence-corrected chi connectivity index (χ0v) is 16.0. The Balaban J connectivity index is 2.22. The van der Waals surface area contributed by atoms with Crippen molar-refractivity contribution in [2.24, 2.45) is 0 Å². The third-order valence-electron chi connectivity index (χ3n) is 3.74. The minimum Gasteiger partial charge on any atom is -0.375 e. The molecule has 8 nitrogen and oxygen atoms in total. The minimum atomic E-state index is -4.22. The van der Waals surface area contributed by atoms with Gasteiger partial charge in [-0.2, -0.15) is 0 Å². The number of amides is 1. The van der Waals surface area contributed by atoms with E-state index in [1.165, 1.54) is 5.48 Å². The average molecular weight is 413 g/mol. The van der Waals surface area contributed by atoms with Crippen molar-refractivity contribution < 1.29 is 31.6 Å². The third kappa shape index (κ3) is 5.36. The first-order valence-corrected chi connectivity index (χ1v) is 11.2. The Bertz CT molecular complexity index is 985. The molecule has 0 aliphatic heterocycles. The maximum absolute atomic E-state index is 12.7. The third-order valence-corrected chi connectivity index (χ3v) is 6.90. The predicted octanol–water partition coefficient (Wildman–Crippen LogP) is 0.955. The molecule has 0 spiro atoms. The van der Waals surface area contributed by atoms with Crippen LogP contribution in [0.15, 0.2) is 64.4 Å². The molecule has 0 aliphatic rings. The number of hydrogen-bond donors (Lipinski definition) is 2. The second-order valence-corrected chi connectivity index (χ2v) is 9.90. The summed E-state index contributed by atoms with van der Waals surface area (Å²) in [7, 11) is -7.71. The Morgan fingerprint density at radius 3 is 2.07 bits per heavy atom. The number of ether oxygens (including phenoxy) is 1. The second-order valence-electron chi connectivity index (χ2n) is 5.75. The van der Waals surface area contributed by atoms with E-state index >= 15 is 0 Å². The summed E-state index contributed by atoms with van der Waals surface area (Å²) in [5, 5.41) is 7.18. The standard InChI is InChI=1S/C17H19NO7S2/c1-26(21,22)14-7-9-15(10-8-14)27(23,24)16(17(19)18-20)12-25-11-13-5-3-2-4-6-13/h2-10,16,20H,11-12H2,1H3,(H,18,19). The molecule has 0 fully saturated rings. The number of hydroxylamine groups is 1. The second kappa shape index (κ2) is 8.61. The van der Waals surface area contributed by atoms with E-state index in [1.807, 2.05) is 6.07 Å². The number of nitrogens with one attached hydrogen (secondary N) is 1. The molecule has 1 atom stereocenters. The van der Waals surface area contributed by atoms with E-state index < -0.39 is 37.4 Å². The van der Waals surface area contributed by atoms with Gasteiger partial charge in [0.2, 0.25) is 0 Å². The van der Waals surface area contributed by atoms with E-state index in [-0.39, 0.29) is 16.4 Å². The fourth-order valence-electron chi connectivity index (χ4n) is 2.28. The zero-order chi connectivity index (χ0) is 20.1. The van der Waals surface area contributed by atoms with E-state index in [9.17, 15) is 21.6 Å². The average Bonchev–Trinajstić information content (AvgIpc) is 2.64. The molecule has 2 N–H and O–H groups in total. The summed E-state index contributed by atoms with van der Waals surface area (Å²) in [5.74, 6) is -1.14. The molecule has 2 aromatic rings. The van der Waals surface area contributed by atoms with Crippen molar-refractivity contribution in [3.05, 3.63) is 60.2 Å². The van der Waals surface area contributed by atoms with Gasteiger partial charge in [-0.25, -0.2) is 22.3 Å². The van der Waals surface area contributed by atoms with E-state index in [0.717, 1.165) is 36.1 Å². The van der Waals surface area contributed by atoms with Crippen molar-refractivity contribution >= 4 is 25.6 Å². The molecule has 1 amide bonds. The Morgan fingerprint density at radius 1 is 1.00 bits per heavy atom. The van der Waals surface area contributed by atoms with Gasteiger partial charge in [-0.1, -0.05) is 30.3 Å². The molecular weight excluding hydrogens is 394 g/mol. The molecule has 146 valence electrons. The zero-order valence-electron chi connectivity index (χ0n) is 14.4. The van der Waals surface area contributed by atoms with E-state index in [1.54, 1.807) is 24.3 Å². The molecule has 2 rings (SSSR count). The van der Waals surface area contributed by atoms with Crippen molar-refractivity contribution in [3.8, 4) is 0 Å². The van der Waals surface area contributed by atoms with Crippen LogP contribution < -0.4 is 5.48 Å². The molecule has 0 aliphatic carbocycles. The highest BCUT2D eigenvalue weighted by molar-refractivity contribution is 7.93. The van der Waals surface area contributed by atoms with Gasteiger partial charge in [0.15, 0.2) is 24.9 Å². The molecule has 0 aromatic heterocycles. The van der Waals surface area contributed by atoms with Crippen LogP contribution in [0.5, 0.6) is 0 Å². The molecule has 1 unspecified atom stereocenters. The molecule has 0 saturated carbocycles. The van der Waals surface area contributed by atoms with Crippen LogP contribution in [0.3, 0.4) is 0 Å². The number of sulfone groups is 2. The molecular formula is C17H19NO7S2. The van der Waals surface area contributed by atoms with Gasteiger partial charge in [-0.15, -0.1) is 0 Å². The molecule has 27 heavy (non-hydrogen) atoms. The van der Waals surface area contributed by atoms with Crippen LogP contribution in [0.1, 0.15) is 5.56 Å².